The van der Waals surface area contributed by atoms with Gasteiger partial charge in [0.2, 0.25) is 5.91 Å². The zero-order valence-electron chi connectivity index (χ0n) is 12.9. The van der Waals surface area contributed by atoms with E-state index in [4.69, 9.17) is 0 Å². The molecule has 0 aliphatic rings. The van der Waals surface area contributed by atoms with Gasteiger partial charge in [-0.25, -0.2) is 0 Å². The first-order chi connectivity index (χ1) is 11.1. The molecule has 1 aromatic carbocycles. The van der Waals surface area contributed by atoms with E-state index in [1.54, 1.807) is 23.1 Å². The Labute approximate surface area is 153 Å². The van der Waals surface area contributed by atoms with Crippen molar-refractivity contribution in [3.63, 3.8) is 0 Å². The topological polar surface area (TPSA) is 32.3 Å². The lowest BCUT2D eigenvalue weighted by molar-refractivity contribution is -0.117. The third-order valence-corrected chi connectivity index (χ3v) is 5.55. The molecule has 1 amide bonds. The number of nitrogens with one attached hydrogen (secondary N) is 1. The summed E-state index contributed by atoms with van der Waals surface area (Å²) in [5, 5.41) is 3.00. The lowest BCUT2D eigenvalue weighted by atomic mass is 10.3. The van der Waals surface area contributed by atoms with Gasteiger partial charge in [0.25, 0.3) is 0 Å². The molecule has 1 aromatic heterocycles. The zero-order chi connectivity index (χ0) is 16.7. The van der Waals surface area contributed by atoms with Crippen LogP contribution >= 0.6 is 39.0 Å². The maximum atomic E-state index is 12.4. The Morgan fingerprint density at radius 2 is 2.17 bits per heavy atom. The van der Waals surface area contributed by atoms with Crippen molar-refractivity contribution in [2.45, 2.75) is 11.4 Å². The minimum Gasteiger partial charge on any atom is -0.324 e. The fraction of sp³-hybridized carbons (Fsp3) is 0.235. The molecule has 23 heavy (non-hydrogen) atoms. The lowest BCUT2D eigenvalue weighted by Crippen LogP contribution is -2.32. The summed E-state index contributed by atoms with van der Waals surface area (Å²) >= 11 is 6.78. The Morgan fingerprint density at radius 1 is 1.39 bits per heavy atom. The molecule has 0 aliphatic carbocycles. The van der Waals surface area contributed by atoms with Gasteiger partial charge in [0, 0.05) is 22.9 Å². The standard InChI is InChI=1S/C17H19BrN2OS2/c1-3-10-20(11-13-8-9-16(18)23-13)12-17(21)19-14-6-4-5-7-15(14)22-2/h3-9H,1,10-12H2,2H3,(H,19,21). The first-order valence-corrected chi connectivity index (χ1v) is 9.96. The van der Waals surface area contributed by atoms with Crippen molar-refractivity contribution in [3.05, 3.63) is 57.7 Å². The molecule has 0 radical (unpaired) electrons. The second-order valence-electron chi connectivity index (χ2n) is 4.91. The van der Waals surface area contributed by atoms with E-state index in [-0.39, 0.29) is 5.91 Å². The van der Waals surface area contributed by atoms with Gasteiger partial charge < -0.3 is 5.32 Å². The lowest BCUT2D eigenvalue weighted by Gasteiger charge is -2.19. The largest absolute Gasteiger partial charge is 0.324 e. The summed E-state index contributed by atoms with van der Waals surface area (Å²) in [7, 11) is 0. The SMILES string of the molecule is C=CCN(CC(=O)Nc1ccccc1SC)Cc1ccc(Br)s1. The van der Waals surface area contributed by atoms with E-state index in [0.717, 1.165) is 20.9 Å². The number of carbonyl (C=O) groups is 1. The second kappa shape index (κ2) is 9.27. The second-order valence-corrected chi connectivity index (χ2v) is 8.31. The fourth-order valence-electron chi connectivity index (χ4n) is 2.17. The predicted octanol–water partition coefficient (Wildman–Crippen LogP) is 4.86. The number of thiophene rings is 1. The molecule has 6 heteroatoms. The Kier molecular flexibility index (Phi) is 7.36. The summed E-state index contributed by atoms with van der Waals surface area (Å²) in [6.45, 7) is 5.53. The molecule has 122 valence electrons. The highest BCUT2D eigenvalue weighted by Gasteiger charge is 2.12. The summed E-state index contributed by atoms with van der Waals surface area (Å²) in [5.74, 6) is -0.0102. The Bertz CT molecular complexity index is 672. The number of carbonyl (C=O) groups excluding carboxylic acids is 1. The molecule has 0 saturated heterocycles. The molecule has 1 N–H and O–H groups in total. The van der Waals surface area contributed by atoms with Crippen molar-refractivity contribution in [1.82, 2.24) is 4.90 Å². The van der Waals surface area contributed by atoms with Gasteiger partial charge in [0.15, 0.2) is 0 Å². The summed E-state index contributed by atoms with van der Waals surface area (Å²) < 4.78 is 1.10. The van der Waals surface area contributed by atoms with Crippen LogP contribution in [0.1, 0.15) is 4.88 Å². The molecule has 2 rings (SSSR count). The summed E-state index contributed by atoms with van der Waals surface area (Å²) in [4.78, 5) is 16.7. The molecule has 0 aliphatic heterocycles. The van der Waals surface area contributed by atoms with E-state index in [0.29, 0.717) is 13.1 Å². The highest BCUT2D eigenvalue weighted by Crippen LogP contribution is 2.25. The van der Waals surface area contributed by atoms with Crippen molar-refractivity contribution in [2.75, 3.05) is 24.7 Å². The quantitative estimate of drug-likeness (QED) is 0.498. The van der Waals surface area contributed by atoms with Gasteiger partial charge >= 0.3 is 0 Å². The Balaban J connectivity index is 1.98. The number of thioether (sulfide) groups is 1. The van der Waals surface area contributed by atoms with Crippen LogP contribution in [0, 0.1) is 0 Å². The molecule has 1 heterocycles. The summed E-state index contributed by atoms with van der Waals surface area (Å²) in [6.07, 6.45) is 3.83. The van der Waals surface area contributed by atoms with E-state index in [2.05, 4.69) is 38.8 Å². The van der Waals surface area contributed by atoms with Crippen LogP contribution in [0.5, 0.6) is 0 Å². The number of anilines is 1. The number of rotatable bonds is 8. The van der Waals surface area contributed by atoms with Crippen LogP contribution < -0.4 is 5.32 Å². The molecule has 0 saturated carbocycles. The Morgan fingerprint density at radius 3 is 2.83 bits per heavy atom. The highest BCUT2D eigenvalue weighted by atomic mass is 79.9. The Hall–Kier alpha value is -1.08. The van der Waals surface area contributed by atoms with Crippen molar-refractivity contribution in [1.29, 1.82) is 0 Å². The molecule has 0 bridgehead atoms. The number of halogens is 1. The van der Waals surface area contributed by atoms with Gasteiger partial charge in [-0.2, -0.15) is 0 Å². The first-order valence-electron chi connectivity index (χ1n) is 7.12. The van der Waals surface area contributed by atoms with Gasteiger partial charge in [-0.05, 0) is 46.5 Å². The van der Waals surface area contributed by atoms with Crippen LogP contribution in [0.2, 0.25) is 0 Å². The number of amides is 1. The maximum Gasteiger partial charge on any atom is 0.238 e. The fourth-order valence-corrected chi connectivity index (χ4v) is 4.24. The molecule has 0 fully saturated rings. The molecule has 0 spiro atoms. The smallest absolute Gasteiger partial charge is 0.238 e. The van der Waals surface area contributed by atoms with Crippen LogP contribution in [0.25, 0.3) is 0 Å². The number of nitrogens with zero attached hydrogens (tertiary/aromatic N) is 1. The maximum absolute atomic E-state index is 12.4. The number of hydrogen-bond donors (Lipinski definition) is 1. The van der Waals surface area contributed by atoms with Crippen LogP contribution in [0.15, 0.2) is 57.7 Å². The minimum atomic E-state index is -0.0102. The molecule has 2 aromatic rings. The van der Waals surface area contributed by atoms with Crippen molar-refractivity contribution >= 4 is 50.6 Å². The van der Waals surface area contributed by atoms with E-state index in [1.165, 1.54) is 4.88 Å². The van der Waals surface area contributed by atoms with E-state index in [9.17, 15) is 4.79 Å². The molecule has 0 unspecified atom stereocenters. The van der Waals surface area contributed by atoms with Gasteiger partial charge in [-0.3, -0.25) is 9.69 Å². The van der Waals surface area contributed by atoms with E-state index < -0.39 is 0 Å². The summed E-state index contributed by atoms with van der Waals surface area (Å²) in [5.41, 5.74) is 0.863. The van der Waals surface area contributed by atoms with Crippen LogP contribution in [-0.4, -0.2) is 30.2 Å². The number of para-hydroxylation sites is 1. The molecular formula is C17H19BrN2OS2. The van der Waals surface area contributed by atoms with Gasteiger partial charge in [0.05, 0.1) is 16.0 Å². The molecular weight excluding hydrogens is 392 g/mol. The summed E-state index contributed by atoms with van der Waals surface area (Å²) in [6, 6.07) is 11.9. The van der Waals surface area contributed by atoms with Crippen molar-refractivity contribution < 1.29 is 4.79 Å². The van der Waals surface area contributed by atoms with Gasteiger partial charge in [-0.15, -0.1) is 29.7 Å². The average Bonchev–Trinajstić information content (AvgIpc) is 2.93. The van der Waals surface area contributed by atoms with Crippen LogP contribution in [-0.2, 0) is 11.3 Å². The average molecular weight is 411 g/mol. The number of hydrogen-bond acceptors (Lipinski definition) is 4. The van der Waals surface area contributed by atoms with Crippen LogP contribution in [0.4, 0.5) is 5.69 Å². The van der Waals surface area contributed by atoms with E-state index in [1.807, 2.05) is 42.7 Å². The van der Waals surface area contributed by atoms with Crippen molar-refractivity contribution in [3.8, 4) is 0 Å². The van der Waals surface area contributed by atoms with Gasteiger partial charge in [0.1, 0.15) is 0 Å². The van der Waals surface area contributed by atoms with E-state index >= 15 is 0 Å². The third-order valence-electron chi connectivity index (χ3n) is 3.14. The minimum absolute atomic E-state index is 0.0102. The predicted molar refractivity (Wildman–Crippen MR) is 104 cm³/mol. The molecule has 3 nitrogen and oxygen atoms in total. The van der Waals surface area contributed by atoms with Crippen molar-refractivity contribution in [2.24, 2.45) is 0 Å². The first kappa shape index (κ1) is 18.3. The van der Waals surface area contributed by atoms with Gasteiger partial charge in [-0.1, -0.05) is 18.2 Å². The zero-order valence-corrected chi connectivity index (χ0v) is 16.1. The number of benzene rings is 1. The normalized spacial score (nSPS) is 10.7. The molecule has 0 atom stereocenters. The van der Waals surface area contributed by atoms with Crippen LogP contribution in [0.3, 0.4) is 0 Å². The highest BCUT2D eigenvalue weighted by molar-refractivity contribution is 9.11. The third kappa shape index (κ3) is 5.80. The monoisotopic (exact) mass is 410 g/mol.